The number of H-pyrrole nitrogens is 1. The smallest absolute Gasteiger partial charge is 0.414 e. The van der Waals surface area contributed by atoms with Crippen LogP contribution in [0.5, 0.6) is 0 Å². The van der Waals surface area contributed by atoms with Gasteiger partial charge in [0.2, 0.25) is 0 Å². The summed E-state index contributed by atoms with van der Waals surface area (Å²) in [7, 11) is 0. The standard InChI is InChI=1S/C14H18N2O.C2H2O4/c1-2-4-14-13(3-1)12(11-15-14)5-6-16-7-9-17-10-8-16;3-1(4)2(5)6/h1-4,11,15H,5-10H2;(H,3,4)(H,5,6). The number of hydrogen-bond acceptors (Lipinski definition) is 4. The number of aromatic amines is 1. The fourth-order valence-electron chi connectivity index (χ4n) is 2.44. The van der Waals surface area contributed by atoms with Crippen LogP contribution in [0.4, 0.5) is 0 Å². The van der Waals surface area contributed by atoms with Crippen LogP contribution in [-0.4, -0.2) is 64.9 Å². The van der Waals surface area contributed by atoms with Crippen molar-refractivity contribution in [3.63, 3.8) is 0 Å². The molecule has 1 aromatic carbocycles. The Morgan fingerprint density at radius 2 is 1.78 bits per heavy atom. The molecular formula is C16H20N2O5. The molecule has 3 N–H and O–H groups in total. The summed E-state index contributed by atoms with van der Waals surface area (Å²) < 4.78 is 5.36. The minimum atomic E-state index is -1.82. The molecule has 23 heavy (non-hydrogen) atoms. The molecule has 0 atom stereocenters. The van der Waals surface area contributed by atoms with Crippen molar-refractivity contribution >= 4 is 22.8 Å². The predicted octanol–water partition coefficient (Wildman–Crippen LogP) is 1.20. The molecule has 3 rings (SSSR count). The second-order valence-electron chi connectivity index (χ2n) is 5.17. The summed E-state index contributed by atoms with van der Waals surface area (Å²) in [4.78, 5) is 24.0. The van der Waals surface area contributed by atoms with Crippen LogP contribution in [0.15, 0.2) is 30.5 Å². The second-order valence-corrected chi connectivity index (χ2v) is 5.17. The van der Waals surface area contributed by atoms with Gasteiger partial charge in [0.05, 0.1) is 13.2 Å². The average Bonchev–Trinajstić information content (AvgIpc) is 2.98. The van der Waals surface area contributed by atoms with Gasteiger partial charge in [0.1, 0.15) is 0 Å². The number of carboxylic acid groups (broad SMARTS) is 2. The summed E-state index contributed by atoms with van der Waals surface area (Å²) in [5.74, 6) is -3.65. The Morgan fingerprint density at radius 1 is 1.13 bits per heavy atom. The fraction of sp³-hybridized carbons (Fsp3) is 0.375. The number of benzene rings is 1. The lowest BCUT2D eigenvalue weighted by Crippen LogP contribution is -2.37. The van der Waals surface area contributed by atoms with Gasteiger partial charge >= 0.3 is 11.9 Å². The van der Waals surface area contributed by atoms with Crippen LogP contribution in [0.1, 0.15) is 5.56 Å². The van der Waals surface area contributed by atoms with E-state index >= 15 is 0 Å². The maximum Gasteiger partial charge on any atom is 0.414 e. The fourth-order valence-corrected chi connectivity index (χ4v) is 2.44. The van der Waals surface area contributed by atoms with Crippen molar-refractivity contribution in [2.75, 3.05) is 32.8 Å². The first-order valence-electron chi connectivity index (χ1n) is 7.39. The van der Waals surface area contributed by atoms with E-state index in [1.807, 2.05) is 0 Å². The molecule has 0 unspecified atom stereocenters. The van der Waals surface area contributed by atoms with Gasteiger partial charge in [0.15, 0.2) is 0 Å². The SMILES string of the molecule is O=C(O)C(=O)O.c1ccc2c(CCN3CCOCC3)c[nH]c2c1. The van der Waals surface area contributed by atoms with E-state index in [-0.39, 0.29) is 0 Å². The maximum absolute atomic E-state index is 9.10. The van der Waals surface area contributed by atoms with Gasteiger partial charge in [-0.3, -0.25) is 4.90 Å². The topological polar surface area (TPSA) is 103 Å². The van der Waals surface area contributed by atoms with Gasteiger partial charge in [-0.05, 0) is 18.1 Å². The van der Waals surface area contributed by atoms with Gasteiger partial charge in [-0.1, -0.05) is 18.2 Å². The summed E-state index contributed by atoms with van der Waals surface area (Å²) in [5.41, 5.74) is 2.66. The molecule has 2 heterocycles. The largest absolute Gasteiger partial charge is 0.473 e. The highest BCUT2D eigenvalue weighted by atomic mass is 16.5. The van der Waals surface area contributed by atoms with E-state index in [0.29, 0.717) is 0 Å². The summed E-state index contributed by atoms with van der Waals surface area (Å²) >= 11 is 0. The summed E-state index contributed by atoms with van der Waals surface area (Å²) in [6.07, 6.45) is 3.26. The van der Waals surface area contributed by atoms with Gasteiger partial charge in [-0.15, -0.1) is 0 Å². The van der Waals surface area contributed by atoms with Gasteiger partial charge in [0.25, 0.3) is 0 Å². The number of para-hydroxylation sites is 1. The predicted molar refractivity (Wildman–Crippen MR) is 84.5 cm³/mol. The Morgan fingerprint density at radius 3 is 2.43 bits per heavy atom. The molecule has 1 aliphatic heterocycles. The van der Waals surface area contributed by atoms with Gasteiger partial charge in [-0.25, -0.2) is 9.59 Å². The quantitative estimate of drug-likeness (QED) is 0.734. The lowest BCUT2D eigenvalue weighted by molar-refractivity contribution is -0.159. The Balaban J connectivity index is 0.000000277. The van der Waals surface area contributed by atoms with Crippen LogP contribution in [0.3, 0.4) is 0 Å². The highest BCUT2D eigenvalue weighted by molar-refractivity contribution is 6.27. The Hall–Kier alpha value is -2.38. The Kier molecular flexibility index (Phi) is 6.13. The van der Waals surface area contributed by atoms with Crippen LogP contribution >= 0.6 is 0 Å². The van der Waals surface area contributed by atoms with Crippen molar-refractivity contribution < 1.29 is 24.5 Å². The molecule has 0 amide bonds. The first kappa shape index (κ1) is 17.0. The minimum Gasteiger partial charge on any atom is -0.473 e. The van der Waals surface area contributed by atoms with E-state index in [0.717, 1.165) is 39.3 Å². The molecule has 0 bridgehead atoms. The van der Waals surface area contributed by atoms with Crippen LogP contribution in [0.25, 0.3) is 10.9 Å². The molecule has 124 valence electrons. The number of carbonyl (C=O) groups is 2. The molecule has 1 aliphatic rings. The van der Waals surface area contributed by atoms with E-state index in [1.165, 1.54) is 16.5 Å². The summed E-state index contributed by atoms with van der Waals surface area (Å²) in [5, 5.41) is 16.1. The van der Waals surface area contributed by atoms with Gasteiger partial charge in [-0.2, -0.15) is 0 Å². The van der Waals surface area contributed by atoms with Crippen LogP contribution in [0, 0.1) is 0 Å². The molecule has 0 spiro atoms. The third-order valence-corrected chi connectivity index (χ3v) is 3.66. The van der Waals surface area contributed by atoms with Crippen molar-refractivity contribution in [1.29, 1.82) is 0 Å². The highest BCUT2D eigenvalue weighted by Crippen LogP contribution is 2.18. The first-order chi connectivity index (χ1) is 11.1. The molecule has 1 fully saturated rings. The Bertz CT molecular complexity index is 649. The van der Waals surface area contributed by atoms with Crippen molar-refractivity contribution in [1.82, 2.24) is 9.88 Å². The molecule has 7 nitrogen and oxygen atoms in total. The van der Waals surface area contributed by atoms with Crippen LogP contribution in [-0.2, 0) is 20.7 Å². The number of hydrogen-bond donors (Lipinski definition) is 3. The van der Waals surface area contributed by atoms with Gasteiger partial charge in [0, 0.05) is 36.7 Å². The van der Waals surface area contributed by atoms with Crippen molar-refractivity contribution in [2.45, 2.75) is 6.42 Å². The van der Waals surface area contributed by atoms with Crippen molar-refractivity contribution in [3.8, 4) is 0 Å². The zero-order chi connectivity index (χ0) is 16.7. The number of fused-ring (bicyclic) bond motifs is 1. The normalized spacial score (nSPS) is 15.0. The number of aromatic nitrogens is 1. The molecule has 0 saturated carbocycles. The van der Waals surface area contributed by atoms with Crippen LogP contribution < -0.4 is 0 Å². The van der Waals surface area contributed by atoms with Crippen LogP contribution in [0.2, 0.25) is 0 Å². The third-order valence-electron chi connectivity index (χ3n) is 3.66. The van der Waals surface area contributed by atoms with E-state index in [1.54, 1.807) is 0 Å². The number of ether oxygens (including phenoxy) is 1. The monoisotopic (exact) mass is 320 g/mol. The molecule has 0 aliphatic carbocycles. The number of aliphatic carboxylic acids is 2. The second kappa shape index (κ2) is 8.30. The van der Waals surface area contributed by atoms with E-state index < -0.39 is 11.9 Å². The maximum atomic E-state index is 9.10. The van der Waals surface area contributed by atoms with E-state index in [4.69, 9.17) is 24.5 Å². The van der Waals surface area contributed by atoms with E-state index in [9.17, 15) is 0 Å². The highest BCUT2D eigenvalue weighted by Gasteiger charge is 2.11. The summed E-state index contributed by atoms with van der Waals surface area (Å²) in [6, 6.07) is 8.51. The van der Waals surface area contributed by atoms with Crippen molar-refractivity contribution in [2.24, 2.45) is 0 Å². The van der Waals surface area contributed by atoms with E-state index in [2.05, 4.69) is 40.3 Å². The molecule has 7 heteroatoms. The molecule has 0 radical (unpaired) electrons. The zero-order valence-corrected chi connectivity index (χ0v) is 12.7. The third kappa shape index (κ3) is 5.08. The number of morpholine rings is 1. The zero-order valence-electron chi connectivity index (χ0n) is 12.7. The lowest BCUT2D eigenvalue weighted by atomic mass is 10.1. The molecular weight excluding hydrogens is 300 g/mol. The first-order valence-corrected chi connectivity index (χ1v) is 7.39. The average molecular weight is 320 g/mol. The number of rotatable bonds is 3. The number of carboxylic acids is 2. The molecule has 1 aromatic heterocycles. The van der Waals surface area contributed by atoms with Crippen molar-refractivity contribution in [3.05, 3.63) is 36.0 Å². The lowest BCUT2D eigenvalue weighted by Gasteiger charge is -2.26. The number of nitrogens with zero attached hydrogens (tertiary/aromatic N) is 1. The number of nitrogens with one attached hydrogen (secondary N) is 1. The Labute approximate surface area is 133 Å². The summed E-state index contributed by atoms with van der Waals surface area (Å²) in [6.45, 7) is 5.04. The minimum absolute atomic E-state index is 0.883. The molecule has 1 saturated heterocycles. The van der Waals surface area contributed by atoms with Gasteiger partial charge < -0.3 is 19.9 Å². The molecule has 2 aromatic rings.